The van der Waals surface area contributed by atoms with Crippen molar-refractivity contribution in [2.24, 2.45) is 0 Å². The van der Waals surface area contributed by atoms with E-state index < -0.39 is 0 Å². The molecule has 14 heavy (non-hydrogen) atoms. The molecule has 2 rings (SSSR count). The van der Waals surface area contributed by atoms with Crippen LogP contribution >= 0.6 is 0 Å². The number of benzene rings is 1. The molecule has 1 aromatic heterocycles. The summed E-state index contributed by atoms with van der Waals surface area (Å²) in [6.07, 6.45) is 1.58. The molecule has 0 radical (unpaired) electrons. The average Bonchev–Trinajstić information content (AvgIpc) is 2.19. The SMILES string of the molecule is Cc1nc(N)cnc1-c1ccccc1. The molecule has 1 aromatic carbocycles. The van der Waals surface area contributed by atoms with E-state index in [1.165, 1.54) is 0 Å². The number of nitrogen functional groups attached to an aromatic ring is 1. The zero-order valence-electron chi connectivity index (χ0n) is 7.94. The number of aromatic nitrogens is 2. The molecule has 0 saturated carbocycles. The predicted molar refractivity (Wildman–Crippen MR) is 56.6 cm³/mol. The van der Waals surface area contributed by atoms with Crippen molar-refractivity contribution >= 4 is 5.82 Å². The van der Waals surface area contributed by atoms with Gasteiger partial charge in [0.2, 0.25) is 0 Å². The van der Waals surface area contributed by atoms with Gasteiger partial charge < -0.3 is 5.73 Å². The molecule has 0 amide bonds. The lowest BCUT2D eigenvalue weighted by Crippen LogP contribution is -1.97. The largest absolute Gasteiger partial charge is 0.382 e. The number of nitrogens with two attached hydrogens (primary N) is 1. The van der Waals surface area contributed by atoms with E-state index in [2.05, 4.69) is 9.97 Å². The van der Waals surface area contributed by atoms with Crippen LogP contribution in [0.1, 0.15) is 5.69 Å². The maximum Gasteiger partial charge on any atom is 0.142 e. The molecular formula is C11H11N3. The minimum atomic E-state index is 0.460. The normalized spacial score (nSPS) is 10.1. The summed E-state index contributed by atoms with van der Waals surface area (Å²) in [6, 6.07) is 9.95. The highest BCUT2D eigenvalue weighted by Gasteiger charge is 2.03. The van der Waals surface area contributed by atoms with E-state index in [9.17, 15) is 0 Å². The zero-order chi connectivity index (χ0) is 9.97. The van der Waals surface area contributed by atoms with Gasteiger partial charge in [0, 0.05) is 5.56 Å². The third kappa shape index (κ3) is 1.57. The zero-order valence-corrected chi connectivity index (χ0v) is 7.94. The number of nitrogens with zero attached hydrogens (tertiary/aromatic N) is 2. The fraction of sp³-hybridized carbons (Fsp3) is 0.0909. The first-order valence-electron chi connectivity index (χ1n) is 4.42. The Morgan fingerprint density at radius 1 is 1.14 bits per heavy atom. The smallest absolute Gasteiger partial charge is 0.142 e. The first-order chi connectivity index (χ1) is 6.77. The highest BCUT2D eigenvalue weighted by atomic mass is 14.9. The third-order valence-corrected chi connectivity index (χ3v) is 2.01. The second-order valence-electron chi connectivity index (χ2n) is 3.09. The minimum Gasteiger partial charge on any atom is -0.382 e. The van der Waals surface area contributed by atoms with E-state index in [1.54, 1.807) is 6.20 Å². The van der Waals surface area contributed by atoms with Gasteiger partial charge in [-0.05, 0) is 6.92 Å². The molecule has 0 aliphatic heterocycles. The summed E-state index contributed by atoms with van der Waals surface area (Å²) < 4.78 is 0. The van der Waals surface area contributed by atoms with E-state index in [1.807, 2.05) is 37.3 Å². The van der Waals surface area contributed by atoms with Crippen LogP contribution in [0, 0.1) is 6.92 Å². The van der Waals surface area contributed by atoms with E-state index in [0.29, 0.717) is 5.82 Å². The van der Waals surface area contributed by atoms with Crippen LogP contribution in [0.5, 0.6) is 0 Å². The fourth-order valence-electron chi connectivity index (χ4n) is 1.38. The molecule has 0 atom stereocenters. The van der Waals surface area contributed by atoms with Crippen LogP contribution in [0.15, 0.2) is 36.5 Å². The van der Waals surface area contributed by atoms with Crippen molar-refractivity contribution in [2.75, 3.05) is 5.73 Å². The van der Waals surface area contributed by atoms with Crippen molar-refractivity contribution in [3.63, 3.8) is 0 Å². The van der Waals surface area contributed by atoms with Crippen molar-refractivity contribution in [3.05, 3.63) is 42.2 Å². The summed E-state index contributed by atoms with van der Waals surface area (Å²) in [5.74, 6) is 0.460. The molecule has 3 nitrogen and oxygen atoms in total. The monoisotopic (exact) mass is 185 g/mol. The Hall–Kier alpha value is -1.90. The molecule has 0 saturated heterocycles. The molecule has 0 bridgehead atoms. The van der Waals surface area contributed by atoms with Crippen LogP contribution in [-0.4, -0.2) is 9.97 Å². The van der Waals surface area contributed by atoms with E-state index >= 15 is 0 Å². The Labute approximate surface area is 82.6 Å². The van der Waals surface area contributed by atoms with E-state index in [-0.39, 0.29) is 0 Å². The van der Waals surface area contributed by atoms with E-state index in [0.717, 1.165) is 17.0 Å². The lowest BCUT2D eigenvalue weighted by atomic mass is 10.1. The number of aryl methyl sites for hydroxylation is 1. The second kappa shape index (κ2) is 3.46. The number of hydrogen-bond donors (Lipinski definition) is 1. The summed E-state index contributed by atoms with van der Waals surface area (Å²) in [6.45, 7) is 1.91. The van der Waals surface area contributed by atoms with Crippen LogP contribution in [-0.2, 0) is 0 Å². The summed E-state index contributed by atoms with van der Waals surface area (Å²) in [5, 5.41) is 0. The standard InChI is InChI=1S/C11H11N3/c1-8-11(13-7-10(12)14-8)9-5-3-2-4-6-9/h2-7H,1H3,(H2,12,14). The summed E-state index contributed by atoms with van der Waals surface area (Å²) in [4.78, 5) is 8.43. The van der Waals surface area contributed by atoms with Crippen molar-refractivity contribution < 1.29 is 0 Å². The Morgan fingerprint density at radius 2 is 1.86 bits per heavy atom. The van der Waals surface area contributed by atoms with Crippen LogP contribution in [0.4, 0.5) is 5.82 Å². The van der Waals surface area contributed by atoms with Gasteiger partial charge in [0.15, 0.2) is 0 Å². The molecule has 0 spiro atoms. The maximum absolute atomic E-state index is 5.53. The van der Waals surface area contributed by atoms with Gasteiger partial charge in [0.1, 0.15) is 5.82 Å². The maximum atomic E-state index is 5.53. The second-order valence-corrected chi connectivity index (χ2v) is 3.09. The van der Waals surface area contributed by atoms with Crippen LogP contribution in [0.25, 0.3) is 11.3 Å². The Balaban J connectivity index is 2.53. The van der Waals surface area contributed by atoms with Gasteiger partial charge in [0.25, 0.3) is 0 Å². The summed E-state index contributed by atoms with van der Waals surface area (Å²) in [5.41, 5.74) is 8.35. The molecular weight excluding hydrogens is 174 g/mol. The number of anilines is 1. The van der Waals surface area contributed by atoms with Crippen molar-refractivity contribution in [2.45, 2.75) is 6.92 Å². The molecule has 3 heteroatoms. The van der Waals surface area contributed by atoms with Crippen LogP contribution in [0.2, 0.25) is 0 Å². The molecule has 2 aromatic rings. The van der Waals surface area contributed by atoms with Gasteiger partial charge in [-0.3, -0.25) is 4.98 Å². The minimum absolute atomic E-state index is 0.460. The van der Waals surface area contributed by atoms with Gasteiger partial charge in [-0.25, -0.2) is 4.98 Å². The van der Waals surface area contributed by atoms with Crippen LogP contribution in [0.3, 0.4) is 0 Å². The average molecular weight is 185 g/mol. The topological polar surface area (TPSA) is 51.8 Å². The molecule has 70 valence electrons. The lowest BCUT2D eigenvalue weighted by Gasteiger charge is -2.03. The molecule has 0 unspecified atom stereocenters. The van der Waals surface area contributed by atoms with Gasteiger partial charge in [-0.2, -0.15) is 0 Å². The van der Waals surface area contributed by atoms with Crippen LogP contribution < -0.4 is 5.73 Å². The quantitative estimate of drug-likeness (QED) is 0.739. The highest BCUT2D eigenvalue weighted by molar-refractivity contribution is 5.61. The Bertz CT molecular complexity index is 438. The highest BCUT2D eigenvalue weighted by Crippen LogP contribution is 2.19. The Kier molecular flexibility index (Phi) is 2.14. The summed E-state index contributed by atoms with van der Waals surface area (Å²) >= 11 is 0. The number of hydrogen-bond acceptors (Lipinski definition) is 3. The first-order valence-corrected chi connectivity index (χ1v) is 4.42. The Morgan fingerprint density at radius 3 is 2.50 bits per heavy atom. The molecule has 0 fully saturated rings. The lowest BCUT2D eigenvalue weighted by molar-refractivity contribution is 1.13. The molecule has 0 aliphatic carbocycles. The first kappa shape index (κ1) is 8.69. The molecule has 1 heterocycles. The fourth-order valence-corrected chi connectivity index (χ4v) is 1.38. The van der Waals surface area contributed by atoms with Crippen molar-refractivity contribution in [3.8, 4) is 11.3 Å². The van der Waals surface area contributed by atoms with Gasteiger partial charge >= 0.3 is 0 Å². The summed E-state index contributed by atoms with van der Waals surface area (Å²) in [7, 11) is 0. The van der Waals surface area contributed by atoms with Gasteiger partial charge in [-0.1, -0.05) is 30.3 Å². The van der Waals surface area contributed by atoms with Gasteiger partial charge in [0.05, 0.1) is 17.6 Å². The molecule has 2 N–H and O–H groups in total. The third-order valence-electron chi connectivity index (χ3n) is 2.01. The van der Waals surface area contributed by atoms with Gasteiger partial charge in [-0.15, -0.1) is 0 Å². The van der Waals surface area contributed by atoms with Crippen molar-refractivity contribution in [1.82, 2.24) is 9.97 Å². The predicted octanol–water partition coefficient (Wildman–Crippen LogP) is 2.03. The molecule has 0 aliphatic rings. The number of rotatable bonds is 1. The van der Waals surface area contributed by atoms with E-state index in [4.69, 9.17) is 5.73 Å². The van der Waals surface area contributed by atoms with Crippen molar-refractivity contribution in [1.29, 1.82) is 0 Å².